The van der Waals surface area contributed by atoms with Crippen LogP contribution in [0.5, 0.6) is 0 Å². The number of ether oxygens (including phenoxy) is 1. The van der Waals surface area contributed by atoms with Crippen molar-refractivity contribution in [3.8, 4) is 0 Å². The molecule has 2 aromatic heterocycles. The third-order valence-electron chi connectivity index (χ3n) is 5.52. The summed E-state index contributed by atoms with van der Waals surface area (Å²) in [6.07, 6.45) is 4.17. The van der Waals surface area contributed by atoms with Crippen molar-refractivity contribution in [2.45, 2.75) is 54.4 Å². The quantitative estimate of drug-likeness (QED) is 0.0847. The molecule has 18 heteroatoms. The van der Waals surface area contributed by atoms with E-state index >= 15 is 0 Å². The fourth-order valence-electron chi connectivity index (χ4n) is 3.54. The molecule has 4 aromatic rings. The van der Waals surface area contributed by atoms with Crippen LogP contribution in [0.3, 0.4) is 0 Å². The first-order valence-corrected chi connectivity index (χ1v) is 21.8. The number of rotatable bonds is 9. The summed E-state index contributed by atoms with van der Waals surface area (Å²) >= 11 is 11.7. The Kier molecular flexibility index (Phi) is 13.8. The SMILES string of the molecule is CSc1sc(C(=N)N)cc1S(=O)(=O)c1cccc(Br)c1.CSc1sc(N=CNC(=O)OC(C)(C)C)cc1S(=O)(=O)c1cccc(Br)c1. The van der Waals surface area contributed by atoms with Gasteiger partial charge in [-0.2, -0.15) is 0 Å². The summed E-state index contributed by atoms with van der Waals surface area (Å²) in [5.41, 5.74) is 4.83. The molecule has 0 aliphatic carbocycles. The molecule has 0 aliphatic rings. The number of amidine groups is 1. The lowest BCUT2D eigenvalue weighted by atomic mass is 10.2. The number of nitrogen functional groups attached to an aromatic ring is 1. The first-order chi connectivity index (χ1) is 21.9. The van der Waals surface area contributed by atoms with Crippen LogP contribution in [0.1, 0.15) is 25.6 Å². The summed E-state index contributed by atoms with van der Waals surface area (Å²) in [6.45, 7) is 5.27. The number of carbonyl (C=O) groups excluding carboxylic acids is 1. The zero-order valence-corrected chi connectivity index (χ0v) is 33.6. The standard InChI is InChI=1S/C17H19BrN2O4S3.C12H11BrN2O2S3/c1-17(2,3)24-16(21)20-10-19-14-9-13(15(25-4)26-14)27(22,23)12-7-5-6-11(18)8-12;1-18-12-10(6-9(19-12)11(14)15)20(16,17)8-4-2-3-7(13)5-8/h5-10H,1-4H3,(H,19,20,21);2-6H,1H3,(H3,14,15). The lowest BCUT2D eigenvalue weighted by Gasteiger charge is -2.18. The van der Waals surface area contributed by atoms with Gasteiger partial charge in [-0.05, 0) is 81.8 Å². The number of nitrogens with two attached hydrogens (primary N) is 1. The maximum Gasteiger partial charge on any atom is 0.412 e. The topological polar surface area (TPSA) is 169 Å². The van der Waals surface area contributed by atoms with E-state index < -0.39 is 31.4 Å². The van der Waals surface area contributed by atoms with Gasteiger partial charge < -0.3 is 10.5 Å². The van der Waals surface area contributed by atoms with Crippen molar-refractivity contribution in [2.75, 3.05) is 12.5 Å². The van der Waals surface area contributed by atoms with Gasteiger partial charge in [0.05, 0.1) is 39.2 Å². The molecule has 2 heterocycles. The molecule has 1 amide bonds. The van der Waals surface area contributed by atoms with Crippen LogP contribution < -0.4 is 11.1 Å². The van der Waals surface area contributed by atoms with Crippen LogP contribution in [0, 0.1) is 5.41 Å². The van der Waals surface area contributed by atoms with E-state index in [1.165, 1.54) is 64.7 Å². The summed E-state index contributed by atoms with van der Waals surface area (Å²) in [7, 11) is -7.28. The highest BCUT2D eigenvalue weighted by molar-refractivity contribution is 9.10. The Morgan fingerprint density at radius 3 is 1.83 bits per heavy atom. The minimum Gasteiger partial charge on any atom is -0.444 e. The summed E-state index contributed by atoms with van der Waals surface area (Å²) in [4.78, 5) is 17.0. The van der Waals surface area contributed by atoms with E-state index in [1.54, 1.807) is 81.8 Å². The number of sulfone groups is 2. The van der Waals surface area contributed by atoms with E-state index in [4.69, 9.17) is 15.9 Å². The van der Waals surface area contributed by atoms with Gasteiger partial charge in [0, 0.05) is 8.95 Å². The van der Waals surface area contributed by atoms with Gasteiger partial charge in [-0.1, -0.05) is 44.0 Å². The summed E-state index contributed by atoms with van der Waals surface area (Å²) in [6, 6.07) is 16.1. The van der Waals surface area contributed by atoms with E-state index in [2.05, 4.69) is 42.2 Å². The molecule has 0 unspecified atom stereocenters. The maximum absolute atomic E-state index is 12.9. The molecule has 4 N–H and O–H groups in total. The van der Waals surface area contributed by atoms with Gasteiger partial charge in [-0.3, -0.25) is 10.7 Å². The number of alkyl carbamates (subject to hydrolysis) is 1. The number of thiophene rings is 2. The average molecular weight is 883 g/mol. The van der Waals surface area contributed by atoms with Gasteiger partial charge in [0.1, 0.15) is 16.4 Å². The number of benzene rings is 2. The van der Waals surface area contributed by atoms with Crippen molar-refractivity contribution >= 4 is 121 Å². The van der Waals surface area contributed by atoms with Crippen LogP contribution in [0.25, 0.3) is 0 Å². The zero-order chi connectivity index (χ0) is 35.2. The minimum atomic E-state index is -3.68. The molecule has 0 bridgehead atoms. The maximum atomic E-state index is 12.9. The number of halogens is 2. The van der Waals surface area contributed by atoms with E-state index in [9.17, 15) is 21.6 Å². The monoisotopic (exact) mass is 880 g/mol. The number of hydrogen-bond donors (Lipinski definition) is 3. The zero-order valence-electron chi connectivity index (χ0n) is 25.5. The van der Waals surface area contributed by atoms with Crippen LogP contribution >= 0.6 is 78.1 Å². The van der Waals surface area contributed by atoms with Gasteiger partial charge in [0.2, 0.25) is 19.7 Å². The van der Waals surface area contributed by atoms with Crippen molar-refractivity contribution < 1.29 is 26.4 Å². The van der Waals surface area contributed by atoms with Crippen molar-refractivity contribution in [2.24, 2.45) is 10.7 Å². The molecule has 0 spiro atoms. The highest BCUT2D eigenvalue weighted by Crippen LogP contribution is 2.41. The van der Waals surface area contributed by atoms with Gasteiger partial charge in [-0.25, -0.2) is 26.6 Å². The molecule has 0 fully saturated rings. The molecule has 0 radical (unpaired) electrons. The minimum absolute atomic E-state index is 0.124. The molecule has 47 heavy (non-hydrogen) atoms. The Balaban J connectivity index is 0.000000267. The third-order valence-corrected chi connectivity index (χ3v) is 15.1. The second-order valence-corrected chi connectivity index (χ2v) is 20.0. The van der Waals surface area contributed by atoms with Crippen molar-refractivity contribution in [1.29, 1.82) is 5.41 Å². The predicted molar refractivity (Wildman–Crippen MR) is 200 cm³/mol. The fraction of sp³-hybridized carbons (Fsp3) is 0.207. The third kappa shape index (κ3) is 10.6. The highest BCUT2D eigenvalue weighted by atomic mass is 79.9. The van der Waals surface area contributed by atoms with Gasteiger partial charge in [0.25, 0.3) is 0 Å². The molecule has 0 saturated carbocycles. The van der Waals surface area contributed by atoms with Gasteiger partial charge in [-0.15, -0.1) is 46.2 Å². The van der Waals surface area contributed by atoms with E-state index in [0.29, 0.717) is 27.2 Å². The molecular formula is C29H30Br2N4O6S6. The number of hydrogen-bond acceptors (Lipinski definition) is 12. The molecule has 10 nitrogen and oxygen atoms in total. The Hall–Kier alpha value is -2.19. The Bertz CT molecular complexity index is 2020. The fourth-order valence-corrected chi connectivity index (χ4v) is 12.4. The van der Waals surface area contributed by atoms with Crippen LogP contribution in [-0.4, -0.2) is 53.2 Å². The Labute approximate surface area is 307 Å². The molecule has 0 atom stereocenters. The van der Waals surface area contributed by atoms with E-state index in [1.807, 2.05) is 0 Å². The van der Waals surface area contributed by atoms with E-state index in [-0.39, 0.29) is 25.4 Å². The van der Waals surface area contributed by atoms with Crippen LogP contribution in [0.15, 0.2) is 103 Å². The van der Waals surface area contributed by atoms with Crippen LogP contribution in [0.4, 0.5) is 9.80 Å². The number of nitrogens with zero attached hydrogens (tertiary/aromatic N) is 1. The smallest absolute Gasteiger partial charge is 0.412 e. The number of aliphatic imine (C=N–C) groups is 1. The van der Waals surface area contributed by atoms with Gasteiger partial charge in [0.15, 0.2) is 0 Å². The molecular weight excluding hydrogens is 853 g/mol. The second-order valence-electron chi connectivity index (χ2n) is 10.1. The van der Waals surface area contributed by atoms with Crippen LogP contribution in [-0.2, 0) is 24.4 Å². The predicted octanol–water partition coefficient (Wildman–Crippen LogP) is 8.60. The average Bonchev–Trinajstić information content (AvgIpc) is 3.62. The summed E-state index contributed by atoms with van der Waals surface area (Å²) in [5, 5.41) is 10.3. The Morgan fingerprint density at radius 1 is 0.894 bits per heavy atom. The normalized spacial score (nSPS) is 12.0. The largest absolute Gasteiger partial charge is 0.444 e. The lowest BCUT2D eigenvalue weighted by Crippen LogP contribution is -2.31. The second kappa shape index (κ2) is 16.5. The number of carbonyl (C=O) groups is 1. The molecule has 0 saturated heterocycles. The first kappa shape index (κ1) is 39.3. The summed E-state index contributed by atoms with van der Waals surface area (Å²) < 4.78 is 59.0. The lowest BCUT2D eigenvalue weighted by molar-refractivity contribution is 0.0565. The molecule has 2 aromatic carbocycles. The van der Waals surface area contributed by atoms with Crippen molar-refractivity contribution in [1.82, 2.24) is 5.32 Å². The molecule has 252 valence electrons. The number of nitrogens with one attached hydrogen (secondary N) is 2. The van der Waals surface area contributed by atoms with Gasteiger partial charge >= 0.3 is 6.09 Å². The molecule has 0 aliphatic heterocycles. The number of amides is 1. The number of thioether (sulfide) groups is 2. The van der Waals surface area contributed by atoms with E-state index in [0.717, 1.165) is 0 Å². The highest BCUT2D eigenvalue weighted by Gasteiger charge is 2.26. The van der Waals surface area contributed by atoms with Crippen molar-refractivity contribution in [3.05, 3.63) is 74.5 Å². The van der Waals surface area contributed by atoms with Crippen LogP contribution in [0.2, 0.25) is 0 Å². The van der Waals surface area contributed by atoms with Crippen molar-refractivity contribution in [3.63, 3.8) is 0 Å². The summed E-state index contributed by atoms with van der Waals surface area (Å²) in [5.74, 6) is -0.124. The first-order valence-electron chi connectivity index (χ1n) is 13.1. The Morgan fingerprint density at radius 2 is 1.38 bits per heavy atom. The molecule has 4 rings (SSSR count).